The number of ketones is 1. The molecule has 1 saturated heterocycles. The minimum Gasteiger partial charge on any atom is -0.372 e. The number of sulfonamides is 1. The van der Waals surface area contributed by atoms with Gasteiger partial charge in [0.1, 0.15) is 0 Å². The van der Waals surface area contributed by atoms with E-state index in [0.29, 0.717) is 11.3 Å². The molecule has 2 aromatic rings. The first-order valence-corrected chi connectivity index (χ1v) is 9.43. The normalized spacial score (nSPS) is 14.6. The van der Waals surface area contributed by atoms with Crippen LogP contribution in [0.2, 0.25) is 0 Å². The van der Waals surface area contributed by atoms with Gasteiger partial charge in [0.25, 0.3) is 10.0 Å². The summed E-state index contributed by atoms with van der Waals surface area (Å²) in [7, 11) is -3.66. The lowest BCUT2D eigenvalue weighted by atomic mass is 10.2. The molecule has 0 saturated carbocycles. The number of nitrogens with one attached hydrogen (secondary N) is 1. The van der Waals surface area contributed by atoms with Crippen LogP contribution in [0.4, 0.5) is 11.4 Å². The van der Waals surface area contributed by atoms with E-state index in [9.17, 15) is 13.2 Å². The first kappa shape index (κ1) is 16.5. The molecule has 5 nitrogen and oxygen atoms in total. The Balaban J connectivity index is 1.75. The fourth-order valence-electron chi connectivity index (χ4n) is 2.80. The summed E-state index contributed by atoms with van der Waals surface area (Å²) in [4.78, 5) is 13.7. The molecule has 0 unspecified atom stereocenters. The lowest BCUT2D eigenvalue weighted by Crippen LogP contribution is -2.17. The molecule has 24 heavy (non-hydrogen) atoms. The third kappa shape index (κ3) is 3.59. The van der Waals surface area contributed by atoms with E-state index in [-0.39, 0.29) is 10.7 Å². The van der Waals surface area contributed by atoms with Crippen molar-refractivity contribution in [3.63, 3.8) is 0 Å². The van der Waals surface area contributed by atoms with E-state index in [4.69, 9.17) is 0 Å². The van der Waals surface area contributed by atoms with Crippen molar-refractivity contribution in [3.05, 3.63) is 54.1 Å². The first-order valence-electron chi connectivity index (χ1n) is 7.94. The highest BCUT2D eigenvalue weighted by Crippen LogP contribution is 2.23. The summed E-state index contributed by atoms with van der Waals surface area (Å²) in [6.45, 7) is 3.55. The molecular formula is C18H20N2O3S. The van der Waals surface area contributed by atoms with Crippen molar-refractivity contribution < 1.29 is 13.2 Å². The maximum absolute atomic E-state index is 12.4. The maximum atomic E-state index is 12.4. The van der Waals surface area contributed by atoms with E-state index in [1.165, 1.54) is 44.0 Å². The van der Waals surface area contributed by atoms with Crippen molar-refractivity contribution in [2.24, 2.45) is 0 Å². The maximum Gasteiger partial charge on any atom is 0.261 e. The third-order valence-corrected chi connectivity index (χ3v) is 5.56. The van der Waals surface area contributed by atoms with Crippen LogP contribution in [0.5, 0.6) is 0 Å². The van der Waals surface area contributed by atoms with Gasteiger partial charge in [-0.2, -0.15) is 0 Å². The highest BCUT2D eigenvalue weighted by atomic mass is 32.2. The van der Waals surface area contributed by atoms with Gasteiger partial charge in [-0.15, -0.1) is 0 Å². The summed E-state index contributed by atoms with van der Waals surface area (Å²) in [6.07, 6.45) is 2.40. The minimum atomic E-state index is -3.66. The van der Waals surface area contributed by atoms with E-state index < -0.39 is 10.0 Å². The largest absolute Gasteiger partial charge is 0.372 e. The Morgan fingerprint density at radius 3 is 2.08 bits per heavy atom. The van der Waals surface area contributed by atoms with Crippen LogP contribution in [0.3, 0.4) is 0 Å². The fourth-order valence-corrected chi connectivity index (χ4v) is 3.86. The topological polar surface area (TPSA) is 66.5 Å². The molecule has 6 heteroatoms. The molecule has 0 spiro atoms. The van der Waals surface area contributed by atoms with E-state index in [1.54, 1.807) is 12.1 Å². The second kappa shape index (κ2) is 6.65. The molecule has 1 heterocycles. The highest BCUT2D eigenvalue weighted by molar-refractivity contribution is 7.92. The van der Waals surface area contributed by atoms with Gasteiger partial charge in [-0.1, -0.05) is 12.1 Å². The quantitative estimate of drug-likeness (QED) is 0.845. The van der Waals surface area contributed by atoms with E-state index >= 15 is 0 Å². The van der Waals surface area contributed by atoms with E-state index in [2.05, 4.69) is 9.62 Å². The third-order valence-electron chi connectivity index (χ3n) is 4.16. The van der Waals surface area contributed by atoms with Crippen LogP contribution in [0, 0.1) is 0 Å². The van der Waals surface area contributed by atoms with Crippen molar-refractivity contribution in [1.82, 2.24) is 0 Å². The standard InChI is InChI=1S/C18H20N2O3S/c1-14(21)15-4-10-18(11-5-15)24(22,23)19-16-6-8-17(9-7-16)20-12-2-3-13-20/h4-11,19H,2-3,12-13H2,1H3. The van der Waals surface area contributed by atoms with Crippen molar-refractivity contribution >= 4 is 27.2 Å². The average molecular weight is 344 g/mol. The summed E-state index contributed by atoms with van der Waals surface area (Å²) < 4.78 is 27.4. The predicted octanol–water partition coefficient (Wildman–Crippen LogP) is 3.29. The van der Waals surface area contributed by atoms with Crippen molar-refractivity contribution in [1.29, 1.82) is 0 Å². The van der Waals surface area contributed by atoms with Crippen molar-refractivity contribution in [3.8, 4) is 0 Å². The number of carbonyl (C=O) groups is 1. The Bertz CT molecular complexity index is 822. The molecule has 0 aliphatic carbocycles. The van der Waals surface area contributed by atoms with Crippen LogP contribution >= 0.6 is 0 Å². The fraction of sp³-hybridized carbons (Fsp3) is 0.278. The molecule has 0 radical (unpaired) electrons. The Morgan fingerprint density at radius 1 is 0.958 bits per heavy atom. The average Bonchev–Trinajstić information content (AvgIpc) is 3.10. The molecular weight excluding hydrogens is 324 g/mol. The van der Waals surface area contributed by atoms with Crippen LogP contribution in [0.25, 0.3) is 0 Å². The van der Waals surface area contributed by atoms with Gasteiger partial charge in [0.2, 0.25) is 0 Å². The highest BCUT2D eigenvalue weighted by Gasteiger charge is 2.16. The summed E-state index contributed by atoms with van der Waals surface area (Å²) in [6, 6.07) is 13.3. The van der Waals surface area contributed by atoms with Gasteiger partial charge < -0.3 is 4.90 Å². The van der Waals surface area contributed by atoms with Gasteiger partial charge in [-0.05, 0) is 56.2 Å². The van der Waals surface area contributed by atoms with Crippen LogP contribution in [0.15, 0.2) is 53.4 Å². The smallest absolute Gasteiger partial charge is 0.261 e. The number of anilines is 2. The molecule has 3 rings (SSSR count). The molecule has 0 atom stereocenters. The predicted molar refractivity (Wildman–Crippen MR) is 95.1 cm³/mol. The Hall–Kier alpha value is -2.34. The lowest BCUT2D eigenvalue weighted by molar-refractivity contribution is 0.101. The molecule has 0 bridgehead atoms. The zero-order valence-corrected chi connectivity index (χ0v) is 14.3. The second-order valence-electron chi connectivity index (χ2n) is 5.93. The Morgan fingerprint density at radius 2 is 1.54 bits per heavy atom. The zero-order chi connectivity index (χ0) is 17.2. The molecule has 1 fully saturated rings. The number of hydrogen-bond acceptors (Lipinski definition) is 4. The van der Waals surface area contributed by atoms with Gasteiger partial charge >= 0.3 is 0 Å². The van der Waals surface area contributed by atoms with Gasteiger partial charge in [-0.3, -0.25) is 9.52 Å². The number of hydrogen-bond donors (Lipinski definition) is 1. The van der Waals surface area contributed by atoms with Crippen LogP contribution in [-0.2, 0) is 10.0 Å². The van der Waals surface area contributed by atoms with E-state index in [0.717, 1.165) is 18.8 Å². The summed E-state index contributed by atoms with van der Waals surface area (Å²) in [5.74, 6) is -0.0931. The van der Waals surface area contributed by atoms with Crippen LogP contribution in [-0.4, -0.2) is 27.3 Å². The molecule has 0 amide bonds. The molecule has 1 N–H and O–H groups in total. The summed E-state index contributed by atoms with van der Waals surface area (Å²) in [5.41, 5.74) is 2.12. The molecule has 1 aliphatic heterocycles. The van der Waals surface area contributed by atoms with Crippen LogP contribution < -0.4 is 9.62 Å². The summed E-state index contributed by atoms with van der Waals surface area (Å²) in [5, 5.41) is 0. The lowest BCUT2D eigenvalue weighted by Gasteiger charge is -2.18. The second-order valence-corrected chi connectivity index (χ2v) is 7.61. The first-order chi connectivity index (χ1) is 11.5. The number of nitrogens with zero attached hydrogens (tertiary/aromatic N) is 1. The van der Waals surface area contributed by atoms with Gasteiger partial charge in [0, 0.05) is 30.0 Å². The van der Waals surface area contributed by atoms with Gasteiger partial charge in [-0.25, -0.2) is 8.42 Å². The molecule has 0 aromatic heterocycles. The Labute approximate surface area is 142 Å². The number of Topliss-reactive ketones (excluding diaryl/α,β-unsaturated/α-hetero) is 1. The molecule has 1 aliphatic rings. The molecule has 126 valence electrons. The number of rotatable bonds is 5. The SMILES string of the molecule is CC(=O)c1ccc(S(=O)(=O)Nc2ccc(N3CCCC3)cc2)cc1. The monoisotopic (exact) mass is 344 g/mol. The zero-order valence-electron chi connectivity index (χ0n) is 13.5. The van der Waals surface area contributed by atoms with Crippen LogP contribution in [0.1, 0.15) is 30.1 Å². The minimum absolute atomic E-state index is 0.0931. The number of benzene rings is 2. The molecule has 2 aromatic carbocycles. The van der Waals surface area contributed by atoms with Crippen molar-refractivity contribution in [2.45, 2.75) is 24.7 Å². The Kier molecular flexibility index (Phi) is 4.57. The van der Waals surface area contributed by atoms with Gasteiger partial charge in [0.05, 0.1) is 4.90 Å². The number of carbonyl (C=O) groups excluding carboxylic acids is 1. The van der Waals surface area contributed by atoms with E-state index in [1.807, 2.05) is 12.1 Å². The summed E-state index contributed by atoms with van der Waals surface area (Å²) >= 11 is 0. The van der Waals surface area contributed by atoms with Crippen molar-refractivity contribution in [2.75, 3.05) is 22.7 Å². The van der Waals surface area contributed by atoms with Gasteiger partial charge in [0.15, 0.2) is 5.78 Å².